The van der Waals surface area contributed by atoms with Crippen molar-refractivity contribution in [3.63, 3.8) is 0 Å². The molecule has 1 aliphatic rings. The Kier molecular flexibility index (Phi) is 4.04. The van der Waals surface area contributed by atoms with Gasteiger partial charge in [0.25, 0.3) is 0 Å². The third-order valence-electron chi connectivity index (χ3n) is 4.14. The Balaban J connectivity index is 2.02. The van der Waals surface area contributed by atoms with Gasteiger partial charge in [0.15, 0.2) is 0 Å². The highest BCUT2D eigenvalue weighted by Crippen LogP contribution is 2.31. The fourth-order valence-corrected chi connectivity index (χ4v) is 2.34. The van der Waals surface area contributed by atoms with E-state index in [0.29, 0.717) is 6.42 Å². The first-order valence-electron chi connectivity index (χ1n) is 7.12. The molecule has 0 spiro atoms. The molecule has 0 aromatic heterocycles. The van der Waals surface area contributed by atoms with E-state index >= 15 is 0 Å². The molecule has 0 aliphatic heterocycles. The Hall–Kier alpha value is -1.55. The van der Waals surface area contributed by atoms with Gasteiger partial charge >= 0.3 is 6.03 Å². The fraction of sp³-hybridized carbons (Fsp3) is 0.562. The quantitative estimate of drug-likeness (QED) is 0.776. The van der Waals surface area contributed by atoms with Crippen LogP contribution in [-0.2, 0) is 6.42 Å². The van der Waals surface area contributed by atoms with Crippen LogP contribution in [0.15, 0.2) is 24.3 Å². The highest BCUT2D eigenvalue weighted by atomic mass is 16.3. The average molecular weight is 276 g/mol. The van der Waals surface area contributed by atoms with Gasteiger partial charge in [-0.2, -0.15) is 0 Å². The molecule has 2 amide bonds. The first-order chi connectivity index (χ1) is 9.29. The van der Waals surface area contributed by atoms with E-state index in [4.69, 9.17) is 0 Å². The van der Waals surface area contributed by atoms with Crippen LogP contribution in [0.1, 0.15) is 44.9 Å². The van der Waals surface area contributed by atoms with Crippen molar-refractivity contribution >= 4 is 6.03 Å². The summed E-state index contributed by atoms with van der Waals surface area (Å²) in [7, 11) is 0. The smallest absolute Gasteiger partial charge is 0.315 e. The molecule has 0 radical (unpaired) electrons. The molecular formula is C16H24N2O2. The van der Waals surface area contributed by atoms with Crippen LogP contribution in [-0.4, -0.2) is 23.3 Å². The molecule has 110 valence electrons. The Bertz CT molecular complexity index is 493. The molecule has 3 atom stereocenters. The van der Waals surface area contributed by atoms with E-state index in [1.54, 1.807) is 0 Å². The summed E-state index contributed by atoms with van der Waals surface area (Å²) in [5, 5.41) is 15.9. The van der Waals surface area contributed by atoms with Crippen molar-refractivity contribution in [2.45, 2.75) is 52.3 Å². The number of benzene rings is 1. The Morgan fingerprint density at radius 2 is 2.00 bits per heavy atom. The van der Waals surface area contributed by atoms with Crippen LogP contribution in [0.25, 0.3) is 0 Å². The number of fused-ring (bicyclic) bond motifs is 1. The van der Waals surface area contributed by atoms with E-state index in [1.807, 2.05) is 31.2 Å². The second-order valence-corrected chi connectivity index (χ2v) is 6.65. The number of aliphatic hydroxyl groups is 1. The zero-order valence-electron chi connectivity index (χ0n) is 12.6. The molecule has 0 bridgehead atoms. The lowest BCUT2D eigenvalue weighted by Crippen LogP contribution is -2.48. The summed E-state index contributed by atoms with van der Waals surface area (Å²) < 4.78 is 0. The van der Waals surface area contributed by atoms with Crippen LogP contribution in [0.5, 0.6) is 0 Å². The van der Waals surface area contributed by atoms with Crippen molar-refractivity contribution in [1.82, 2.24) is 10.6 Å². The van der Waals surface area contributed by atoms with Gasteiger partial charge in [-0.1, -0.05) is 45.0 Å². The van der Waals surface area contributed by atoms with Gasteiger partial charge in [0, 0.05) is 12.5 Å². The number of carbonyl (C=O) groups excluding carboxylic acids is 1. The fourth-order valence-electron chi connectivity index (χ4n) is 2.34. The van der Waals surface area contributed by atoms with Crippen molar-refractivity contribution < 1.29 is 9.90 Å². The molecule has 4 heteroatoms. The maximum atomic E-state index is 12.1. The second-order valence-electron chi connectivity index (χ2n) is 6.65. The van der Waals surface area contributed by atoms with Crippen LogP contribution < -0.4 is 10.6 Å². The zero-order valence-corrected chi connectivity index (χ0v) is 12.6. The Labute approximate surface area is 120 Å². The minimum absolute atomic E-state index is 0.00351. The highest BCUT2D eigenvalue weighted by molar-refractivity contribution is 5.75. The maximum absolute atomic E-state index is 12.1. The highest BCUT2D eigenvalue weighted by Gasteiger charge is 2.32. The number of nitrogens with one attached hydrogen (secondary N) is 2. The third-order valence-corrected chi connectivity index (χ3v) is 4.14. The topological polar surface area (TPSA) is 61.4 Å². The molecule has 0 saturated carbocycles. The van der Waals surface area contributed by atoms with E-state index in [-0.39, 0.29) is 23.5 Å². The summed E-state index contributed by atoms with van der Waals surface area (Å²) in [5.41, 5.74) is 2.12. The van der Waals surface area contributed by atoms with Crippen molar-refractivity contribution in [2.24, 2.45) is 5.41 Å². The first kappa shape index (κ1) is 14.9. The van der Waals surface area contributed by atoms with Gasteiger partial charge in [-0.15, -0.1) is 0 Å². The lowest BCUT2D eigenvalue weighted by Gasteiger charge is -2.29. The molecule has 1 aromatic carbocycles. The van der Waals surface area contributed by atoms with E-state index in [2.05, 4.69) is 31.4 Å². The van der Waals surface area contributed by atoms with Gasteiger partial charge < -0.3 is 15.7 Å². The molecule has 1 aliphatic carbocycles. The molecule has 3 unspecified atom stereocenters. The lowest BCUT2D eigenvalue weighted by atomic mass is 9.88. The van der Waals surface area contributed by atoms with Crippen LogP contribution in [0, 0.1) is 5.41 Å². The Morgan fingerprint density at radius 3 is 2.65 bits per heavy atom. The molecule has 0 heterocycles. The molecule has 4 nitrogen and oxygen atoms in total. The summed E-state index contributed by atoms with van der Waals surface area (Å²) >= 11 is 0. The summed E-state index contributed by atoms with van der Waals surface area (Å²) in [5.74, 6) is 0. The Morgan fingerprint density at radius 1 is 1.35 bits per heavy atom. The third kappa shape index (κ3) is 3.12. The predicted octanol–water partition coefficient (Wildman–Crippen LogP) is 2.38. The van der Waals surface area contributed by atoms with E-state index in [9.17, 15) is 9.90 Å². The summed E-state index contributed by atoms with van der Waals surface area (Å²) in [6, 6.07) is 7.35. The standard InChI is InChI=1S/C16H24N2O2/c1-10(16(2,3)4)17-15(20)18-14-12-8-6-5-7-11(12)9-13(14)19/h5-8,10,13-14,19H,9H2,1-4H3,(H2,17,18,20). The van der Waals surface area contributed by atoms with E-state index in [1.165, 1.54) is 0 Å². The van der Waals surface area contributed by atoms with Gasteiger partial charge in [0.2, 0.25) is 0 Å². The molecule has 0 saturated heterocycles. The van der Waals surface area contributed by atoms with Gasteiger partial charge in [-0.05, 0) is 23.5 Å². The van der Waals surface area contributed by atoms with Crippen LogP contribution in [0.2, 0.25) is 0 Å². The first-order valence-corrected chi connectivity index (χ1v) is 7.12. The number of carbonyl (C=O) groups is 1. The summed E-state index contributed by atoms with van der Waals surface area (Å²) in [4.78, 5) is 12.1. The molecule has 2 rings (SSSR count). The van der Waals surface area contributed by atoms with Gasteiger partial charge in [0.05, 0.1) is 12.1 Å². The second kappa shape index (κ2) is 5.44. The number of urea groups is 1. The van der Waals surface area contributed by atoms with Crippen molar-refractivity contribution in [2.75, 3.05) is 0 Å². The zero-order chi connectivity index (χ0) is 14.9. The van der Waals surface area contributed by atoms with Crippen LogP contribution in [0.4, 0.5) is 4.79 Å². The number of hydrogen-bond donors (Lipinski definition) is 3. The molecule has 1 aromatic rings. The van der Waals surface area contributed by atoms with Crippen molar-refractivity contribution in [1.29, 1.82) is 0 Å². The minimum atomic E-state index is -0.553. The molecule has 0 fully saturated rings. The molecule has 20 heavy (non-hydrogen) atoms. The van der Waals surface area contributed by atoms with E-state index < -0.39 is 6.10 Å². The normalized spacial score (nSPS) is 23.1. The monoisotopic (exact) mass is 276 g/mol. The SMILES string of the molecule is CC(NC(=O)NC1c2ccccc2CC1O)C(C)(C)C. The van der Waals surface area contributed by atoms with E-state index in [0.717, 1.165) is 11.1 Å². The summed E-state index contributed by atoms with van der Waals surface area (Å²) in [6.07, 6.45) is 0.0405. The van der Waals surface area contributed by atoms with Gasteiger partial charge in [-0.25, -0.2) is 4.79 Å². The molecule has 3 N–H and O–H groups in total. The number of amides is 2. The summed E-state index contributed by atoms with van der Waals surface area (Å²) in [6.45, 7) is 8.23. The predicted molar refractivity (Wildman–Crippen MR) is 79.5 cm³/mol. The van der Waals surface area contributed by atoms with Crippen LogP contribution in [0.3, 0.4) is 0 Å². The number of rotatable bonds is 2. The van der Waals surface area contributed by atoms with Crippen LogP contribution >= 0.6 is 0 Å². The minimum Gasteiger partial charge on any atom is -0.390 e. The lowest BCUT2D eigenvalue weighted by molar-refractivity contribution is 0.140. The van der Waals surface area contributed by atoms with Crippen molar-refractivity contribution in [3.05, 3.63) is 35.4 Å². The maximum Gasteiger partial charge on any atom is 0.315 e. The van der Waals surface area contributed by atoms with Gasteiger partial charge in [-0.3, -0.25) is 0 Å². The van der Waals surface area contributed by atoms with Gasteiger partial charge in [0.1, 0.15) is 0 Å². The number of hydrogen-bond acceptors (Lipinski definition) is 2. The van der Waals surface area contributed by atoms with Crippen molar-refractivity contribution in [3.8, 4) is 0 Å². The molecular weight excluding hydrogens is 252 g/mol. The number of aliphatic hydroxyl groups excluding tert-OH is 1. The largest absolute Gasteiger partial charge is 0.390 e. The average Bonchev–Trinajstić information content (AvgIpc) is 2.65.